The van der Waals surface area contributed by atoms with Crippen molar-refractivity contribution in [2.75, 3.05) is 0 Å². The third-order valence-electron chi connectivity index (χ3n) is 2.26. The van der Waals surface area contributed by atoms with Crippen molar-refractivity contribution in [2.45, 2.75) is 19.3 Å². The number of hydrogen-bond acceptors (Lipinski definition) is 0. The van der Waals surface area contributed by atoms with Crippen LogP contribution in [0.5, 0.6) is 0 Å². The third-order valence-corrected chi connectivity index (χ3v) is 2.26. The first-order chi connectivity index (χ1) is 5.36. The van der Waals surface area contributed by atoms with Crippen LogP contribution in [-0.2, 0) is 0 Å². The summed E-state index contributed by atoms with van der Waals surface area (Å²) < 4.78 is 0. The summed E-state index contributed by atoms with van der Waals surface area (Å²) in [6.07, 6.45) is 3.60. The molecule has 0 nitrogen and oxygen atoms in total. The Hall–Kier alpha value is -1.04. The van der Waals surface area contributed by atoms with Gasteiger partial charge in [0.2, 0.25) is 0 Å². The summed E-state index contributed by atoms with van der Waals surface area (Å²) in [4.78, 5) is 0. The normalized spacial score (nSPS) is 22.3. The maximum Gasteiger partial charge on any atom is 0.00576 e. The second-order valence-corrected chi connectivity index (χ2v) is 3.23. The summed E-state index contributed by atoms with van der Waals surface area (Å²) in [5.74, 6) is 0.705. The van der Waals surface area contributed by atoms with Crippen LogP contribution in [0.3, 0.4) is 0 Å². The molecule has 11 heavy (non-hydrogen) atoms. The molecule has 1 aliphatic carbocycles. The first-order valence-electron chi connectivity index (χ1n) is 4.08. The lowest BCUT2D eigenvalue weighted by molar-refractivity contribution is 0.739. The zero-order chi connectivity index (χ0) is 7.68. The van der Waals surface area contributed by atoms with Crippen LogP contribution in [0.15, 0.2) is 42.0 Å². The van der Waals surface area contributed by atoms with Crippen molar-refractivity contribution < 1.29 is 0 Å². The van der Waals surface area contributed by atoms with E-state index in [-0.39, 0.29) is 0 Å². The Kier molecular flexibility index (Phi) is 1.54. The molecule has 1 aromatic rings. The van der Waals surface area contributed by atoms with Crippen LogP contribution in [0.4, 0.5) is 0 Å². The van der Waals surface area contributed by atoms with Gasteiger partial charge in [0.1, 0.15) is 0 Å². The molecule has 0 radical (unpaired) electrons. The fourth-order valence-corrected chi connectivity index (χ4v) is 1.57. The molecule has 2 rings (SSSR count). The van der Waals surface area contributed by atoms with Gasteiger partial charge in [0.25, 0.3) is 0 Å². The fourth-order valence-electron chi connectivity index (χ4n) is 1.57. The van der Waals surface area contributed by atoms with Crippen molar-refractivity contribution in [1.29, 1.82) is 0 Å². The Morgan fingerprint density at radius 2 is 1.82 bits per heavy atom. The lowest BCUT2D eigenvalue weighted by Gasteiger charge is -2.23. The Bertz CT molecular complexity index is 269. The minimum Gasteiger partial charge on any atom is -0.0777 e. The molecule has 0 aromatic heterocycles. The van der Waals surface area contributed by atoms with Crippen LogP contribution < -0.4 is 0 Å². The largest absolute Gasteiger partial charge is 0.0777 e. The minimum absolute atomic E-state index is 0.705. The summed E-state index contributed by atoms with van der Waals surface area (Å²) in [7, 11) is 0. The second-order valence-electron chi connectivity index (χ2n) is 3.23. The van der Waals surface area contributed by atoms with Gasteiger partial charge in [0.15, 0.2) is 0 Å². The van der Waals surface area contributed by atoms with E-state index in [4.69, 9.17) is 0 Å². The Morgan fingerprint density at radius 1 is 1.18 bits per heavy atom. The third kappa shape index (κ3) is 1.21. The predicted octanol–water partition coefficient (Wildman–Crippen LogP) is 3.12. The molecule has 1 unspecified atom stereocenters. The van der Waals surface area contributed by atoms with Crippen LogP contribution in [0.1, 0.15) is 24.8 Å². The van der Waals surface area contributed by atoms with Gasteiger partial charge in [-0.05, 0) is 18.9 Å². The molecule has 0 heteroatoms. The summed E-state index contributed by atoms with van der Waals surface area (Å²) in [5.41, 5.74) is 2.98. The zero-order valence-electron chi connectivity index (χ0n) is 6.75. The highest BCUT2D eigenvalue weighted by molar-refractivity contribution is 5.32. The quantitative estimate of drug-likeness (QED) is 0.531. The molecule has 0 spiro atoms. The monoisotopic (exact) mass is 144 g/mol. The lowest BCUT2D eigenvalue weighted by Crippen LogP contribution is -2.05. The van der Waals surface area contributed by atoms with Gasteiger partial charge in [0, 0.05) is 5.92 Å². The van der Waals surface area contributed by atoms with E-state index < -0.39 is 0 Å². The predicted molar refractivity (Wildman–Crippen MR) is 47.6 cm³/mol. The average molecular weight is 144 g/mol. The molecule has 0 bridgehead atoms. The van der Waals surface area contributed by atoms with Gasteiger partial charge in [-0.3, -0.25) is 0 Å². The Morgan fingerprint density at radius 3 is 2.36 bits per heavy atom. The molecular weight excluding hydrogens is 132 g/mol. The van der Waals surface area contributed by atoms with E-state index in [1.807, 2.05) is 0 Å². The molecule has 56 valence electrons. The zero-order valence-corrected chi connectivity index (χ0v) is 6.75. The highest BCUT2D eigenvalue weighted by Gasteiger charge is 2.16. The van der Waals surface area contributed by atoms with Gasteiger partial charge >= 0.3 is 0 Å². The molecular formula is C11H12. The van der Waals surface area contributed by atoms with Gasteiger partial charge in [-0.1, -0.05) is 42.0 Å². The van der Waals surface area contributed by atoms with Crippen LogP contribution in [-0.4, -0.2) is 0 Å². The maximum atomic E-state index is 2.34. The van der Waals surface area contributed by atoms with Crippen molar-refractivity contribution in [3.05, 3.63) is 47.5 Å². The van der Waals surface area contributed by atoms with E-state index in [0.29, 0.717) is 5.92 Å². The summed E-state index contributed by atoms with van der Waals surface area (Å²) in [6, 6.07) is 10.7. The van der Waals surface area contributed by atoms with Crippen molar-refractivity contribution in [2.24, 2.45) is 0 Å². The molecule has 0 amide bonds. The molecule has 0 N–H and O–H groups in total. The maximum absolute atomic E-state index is 2.34. The van der Waals surface area contributed by atoms with Gasteiger partial charge < -0.3 is 0 Å². The van der Waals surface area contributed by atoms with Crippen LogP contribution >= 0.6 is 0 Å². The van der Waals surface area contributed by atoms with Gasteiger partial charge in [0.05, 0.1) is 0 Å². The van der Waals surface area contributed by atoms with Crippen LogP contribution in [0.2, 0.25) is 0 Å². The first kappa shape index (κ1) is 6.66. The molecule has 1 aromatic carbocycles. The smallest absolute Gasteiger partial charge is 0.00576 e. The van der Waals surface area contributed by atoms with Crippen molar-refractivity contribution in [3.8, 4) is 0 Å². The molecule has 0 saturated carbocycles. The van der Waals surface area contributed by atoms with E-state index in [0.717, 1.165) is 0 Å². The van der Waals surface area contributed by atoms with E-state index >= 15 is 0 Å². The Labute approximate surface area is 67.6 Å². The lowest BCUT2D eigenvalue weighted by atomic mass is 9.82. The minimum atomic E-state index is 0.705. The molecule has 0 heterocycles. The molecule has 0 fully saturated rings. The molecule has 1 atom stereocenters. The second kappa shape index (κ2) is 2.54. The van der Waals surface area contributed by atoms with Gasteiger partial charge in [-0.25, -0.2) is 0 Å². The topological polar surface area (TPSA) is 0 Å². The van der Waals surface area contributed by atoms with E-state index in [1.165, 1.54) is 17.6 Å². The SMILES string of the molecule is CC1=CC(c2ccccc2)C1. The van der Waals surface area contributed by atoms with E-state index in [9.17, 15) is 0 Å². The highest BCUT2D eigenvalue weighted by atomic mass is 14.2. The van der Waals surface area contributed by atoms with Crippen molar-refractivity contribution >= 4 is 0 Å². The van der Waals surface area contributed by atoms with Crippen molar-refractivity contribution in [1.82, 2.24) is 0 Å². The first-order valence-corrected chi connectivity index (χ1v) is 4.08. The standard InChI is InChI=1S/C11H12/c1-9-7-11(8-9)10-5-3-2-4-6-10/h2-7,11H,8H2,1H3. The number of allylic oxidation sites excluding steroid dienone is 2. The van der Waals surface area contributed by atoms with Crippen LogP contribution in [0, 0.1) is 0 Å². The van der Waals surface area contributed by atoms with E-state index in [2.05, 4.69) is 43.3 Å². The van der Waals surface area contributed by atoms with E-state index in [1.54, 1.807) is 0 Å². The molecule has 1 aliphatic rings. The van der Waals surface area contributed by atoms with Gasteiger partial charge in [-0.2, -0.15) is 0 Å². The number of hydrogen-bond donors (Lipinski definition) is 0. The summed E-state index contributed by atoms with van der Waals surface area (Å²) in [5, 5.41) is 0. The molecule has 0 saturated heterocycles. The summed E-state index contributed by atoms with van der Waals surface area (Å²) in [6.45, 7) is 2.19. The number of benzene rings is 1. The van der Waals surface area contributed by atoms with Gasteiger partial charge in [-0.15, -0.1) is 0 Å². The highest BCUT2D eigenvalue weighted by Crippen LogP contribution is 2.34. The molecule has 0 aliphatic heterocycles. The van der Waals surface area contributed by atoms with Crippen LogP contribution in [0.25, 0.3) is 0 Å². The fraction of sp³-hybridized carbons (Fsp3) is 0.273. The number of rotatable bonds is 1. The Balaban J connectivity index is 2.20. The van der Waals surface area contributed by atoms with Crippen molar-refractivity contribution in [3.63, 3.8) is 0 Å². The summed E-state index contributed by atoms with van der Waals surface area (Å²) >= 11 is 0. The average Bonchev–Trinajstić information content (AvgIpc) is 2.01.